The van der Waals surface area contributed by atoms with Gasteiger partial charge in [0.25, 0.3) is 0 Å². The van der Waals surface area contributed by atoms with Crippen LogP contribution in [0.2, 0.25) is 0 Å². The number of nitrogens with two attached hydrogens (primary N) is 1. The maximum atomic E-state index is 12.4. The maximum absolute atomic E-state index is 12.4. The predicted molar refractivity (Wildman–Crippen MR) is 73.9 cm³/mol. The largest absolute Gasteiger partial charge is 0.494 e. The summed E-state index contributed by atoms with van der Waals surface area (Å²) >= 11 is 0. The Bertz CT molecular complexity index is 709. The molecule has 0 aliphatic carbocycles. The molecule has 0 radical (unpaired) electrons. The number of benzene rings is 1. The van der Waals surface area contributed by atoms with Gasteiger partial charge in [0, 0.05) is 19.3 Å². The number of anilines is 1. The molecule has 0 aliphatic rings. The Hall–Kier alpha value is -2.09. The molecule has 108 valence electrons. The van der Waals surface area contributed by atoms with Crippen molar-refractivity contribution in [3.8, 4) is 5.75 Å². The first-order valence-corrected chi connectivity index (χ1v) is 7.68. The van der Waals surface area contributed by atoms with E-state index in [0.717, 1.165) is 0 Å². The molecule has 0 saturated carbocycles. The summed E-state index contributed by atoms with van der Waals surface area (Å²) in [6, 6.07) is 4.60. The fourth-order valence-corrected chi connectivity index (χ4v) is 3.17. The lowest BCUT2D eigenvalue weighted by molar-refractivity contribution is 0.339. The van der Waals surface area contributed by atoms with Gasteiger partial charge in [0.1, 0.15) is 11.5 Å². The Kier molecular flexibility index (Phi) is 3.93. The highest BCUT2D eigenvalue weighted by Gasteiger charge is 2.21. The average molecular weight is 296 g/mol. The number of aromatic nitrogens is 3. The lowest BCUT2D eigenvalue weighted by Crippen LogP contribution is -2.09. The van der Waals surface area contributed by atoms with Crippen LogP contribution in [0.25, 0.3) is 0 Å². The third-order valence-electron chi connectivity index (χ3n) is 2.62. The number of sulfone groups is 1. The second kappa shape index (κ2) is 5.49. The number of nitrogens with zero attached hydrogens (tertiary/aromatic N) is 3. The average Bonchev–Trinajstić information content (AvgIpc) is 2.76. The standard InChI is InChI=1S/C12H16N4O3S/c1-3-19-10-4-5-11(13)12(6-10)20(17,18)8-9-7-16(2)15-14-9/h4-7H,3,8,13H2,1-2H3. The van der Waals surface area contributed by atoms with E-state index in [2.05, 4.69) is 10.3 Å². The quantitative estimate of drug-likeness (QED) is 0.818. The maximum Gasteiger partial charge on any atom is 0.186 e. The molecule has 0 bridgehead atoms. The molecule has 0 unspecified atom stereocenters. The molecule has 20 heavy (non-hydrogen) atoms. The number of hydrogen-bond acceptors (Lipinski definition) is 6. The van der Waals surface area contributed by atoms with Crippen LogP contribution >= 0.6 is 0 Å². The smallest absolute Gasteiger partial charge is 0.186 e. The van der Waals surface area contributed by atoms with Crippen LogP contribution in [-0.2, 0) is 22.6 Å². The van der Waals surface area contributed by atoms with Crippen molar-refractivity contribution >= 4 is 15.5 Å². The summed E-state index contributed by atoms with van der Waals surface area (Å²) in [6.07, 6.45) is 1.56. The van der Waals surface area contributed by atoms with E-state index in [9.17, 15) is 8.42 Å². The van der Waals surface area contributed by atoms with Crippen LogP contribution in [0.3, 0.4) is 0 Å². The molecule has 2 N–H and O–H groups in total. The number of hydrogen-bond donors (Lipinski definition) is 1. The van der Waals surface area contributed by atoms with Crippen molar-refractivity contribution in [2.75, 3.05) is 12.3 Å². The summed E-state index contributed by atoms with van der Waals surface area (Å²) in [5, 5.41) is 7.49. The Morgan fingerprint density at radius 3 is 2.75 bits per heavy atom. The summed E-state index contributed by atoms with van der Waals surface area (Å²) in [5.41, 5.74) is 6.32. The van der Waals surface area contributed by atoms with Gasteiger partial charge in [-0.05, 0) is 19.1 Å². The fourth-order valence-electron chi connectivity index (χ4n) is 1.77. The molecular weight excluding hydrogens is 280 g/mol. The zero-order valence-electron chi connectivity index (χ0n) is 11.3. The van der Waals surface area contributed by atoms with Gasteiger partial charge in [-0.25, -0.2) is 8.42 Å². The van der Waals surface area contributed by atoms with Crippen molar-refractivity contribution in [1.82, 2.24) is 15.0 Å². The second-order valence-corrected chi connectivity index (χ2v) is 6.23. The summed E-state index contributed by atoms with van der Waals surface area (Å²) in [7, 11) is -1.92. The van der Waals surface area contributed by atoms with Crippen LogP contribution in [0.1, 0.15) is 12.6 Å². The summed E-state index contributed by atoms with van der Waals surface area (Å²) in [6.45, 7) is 2.28. The Balaban J connectivity index is 2.35. The number of rotatable bonds is 5. The van der Waals surface area contributed by atoms with Gasteiger partial charge in [0.15, 0.2) is 9.84 Å². The molecule has 8 heteroatoms. The van der Waals surface area contributed by atoms with Crippen molar-refractivity contribution in [2.24, 2.45) is 7.05 Å². The lowest BCUT2D eigenvalue weighted by atomic mass is 10.3. The molecule has 0 spiro atoms. The van der Waals surface area contributed by atoms with E-state index in [1.165, 1.54) is 16.8 Å². The van der Waals surface area contributed by atoms with Crippen molar-refractivity contribution in [1.29, 1.82) is 0 Å². The van der Waals surface area contributed by atoms with Crippen molar-refractivity contribution in [3.05, 3.63) is 30.1 Å². The topological polar surface area (TPSA) is 100 Å². The highest BCUT2D eigenvalue weighted by atomic mass is 32.2. The number of ether oxygens (including phenoxy) is 1. The van der Waals surface area contributed by atoms with Gasteiger partial charge in [-0.15, -0.1) is 5.10 Å². The monoisotopic (exact) mass is 296 g/mol. The molecule has 0 atom stereocenters. The molecule has 0 saturated heterocycles. The first-order valence-electron chi connectivity index (χ1n) is 6.02. The summed E-state index contributed by atoms with van der Waals surface area (Å²) in [5.74, 6) is 0.222. The first-order chi connectivity index (χ1) is 9.42. The minimum atomic E-state index is -3.59. The van der Waals surface area contributed by atoms with Gasteiger partial charge in [0.05, 0.1) is 22.9 Å². The highest BCUT2D eigenvalue weighted by Crippen LogP contribution is 2.26. The molecule has 2 aromatic rings. The predicted octanol–water partition coefficient (Wildman–Crippen LogP) is 0.770. The Labute approximate surface area is 117 Å². The molecule has 0 aliphatic heterocycles. The van der Waals surface area contributed by atoms with Gasteiger partial charge >= 0.3 is 0 Å². The van der Waals surface area contributed by atoms with E-state index in [0.29, 0.717) is 18.1 Å². The fraction of sp³-hybridized carbons (Fsp3) is 0.333. The van der Waals surface area contributed by atoms with E-state index >= 15 is 0 Å². The van der Waals surface area contributed by atoms with E-state index in [-0.39, 0.29) is 16.3 Å². The van der Waals surface area contributed by atoms with Gasteiger partial charge in [-0.2, -0.15) is 0 Å². The number of aryl methyl sites for hydroxylation is 1. The van der Waals surface area contributed by atoms with Crippen LogP contribution in [0.4, 0.5) is 5.69 Å². The molecule has 0 fully saturated rings. The Morgan fingerprint density at radius 1 is 1.40 bits per heavy atom. The number of nitrogen functional groups attached to an aromatic ring is 1. The van der Waals surface area contributed by atoms with E-state index in [1.54, 1.807) is 19.3 Å². The van der Waals surface area contributed by atoms with Crippen molar-refractivity contribution in [2.45, 2.75) is 17.6 Å². The zero-order chi connectivity index (χ0) is 14.8. The molecule has 1 aromatic carbocycles. The van der Waals surface area contributed by atoms with Crippen LogP contribution < -0.4 is 10.5 Å². The molecular formula is C12H16N4O3S. The summed E-state index contributed by atoms with van der Waals surface area (Å²) < 4.78 is 31.5. The normalized spacial score (nSPS) is 11.5. The highest BCUT2D eigenvalue weighted by molar-refractivity contribution is 7.90. The van der Waals surface area contributed by atoms with Crippen LogP contribution in [-0.4, -0.2) is 30.0 Å². The SMILES string of the molecule is CCOc1ccc(N)c(S(=O)(=O)Cc2cn(C)nn2)c1. The molecule has 1 aromatic heterocycles. The van der Waals surface area contributed by atoms with E-state index in [1.807, 2.05) is 6.92 Å². The van der Waals surface area contributed by atoms with E-state index in [4.69, 9.17) is 10.5 Å². The minimum absolute atomic E-state index is 0.0501. The van der Waals surface area contributed by atoms with Crippen LogP contribution in [0.15, 0.2) is 29.3 Å². The van der Waals surface area contributed by atoms with Crippen LogP contribution in [0.5, 0.6) is 5.75 Å². The molecule has 1 heterocycles. The minimum Gasteiger partial charge on any atom is -0.494 e. The summed E-state index contributed by atoms with van der Waals surface area (Å²) in [4.78, 5) is 0.0501. The molecule has 7 nitrogen and oxygen atoms in total. The van der Waals surface area contributed by atoms with Crippen molar-refractivity contribution < 1.29 is 13.2 Å². The third kappa shape index (κ3) is 3.08. The molecule has 0 amide bonds. The van der Waals surface area contributed by atoms with E-state index < -0.39 is 9.84 Å². The lowest BCUT2D eigenvalue weighted by Gasteiger charge is -2.09. The Morgan fingerprint density at radius 2 is 2.15 bits per heavy atom. The third-order valence-corrected chi connectivity index (χ3v) is 4.32. The zero-order valence-corrected chi connectivity index (χ0v) is 12.1. The van der Waals surface area contributed by atoms with Gasteiger partial charge in [-0.1, -0.05) is 5.21 Å². The second-order valence-electron chi connectivity index (χ2n) is 4.28. The van der Waals surface area contributed by atoms with Gasteiger partial charge in [0.2, 0.25) is 0 Å². The van der Waals surface area contributed by atoms with Gasteiger partial charge < -0.3 is 10.5 Å². The van der Waals surface area contributed by atoms with Gasteiger partial charge in [-0.3, -0.25) is 4.68 Å². The first kappa shape index (κ1) is 14.3. The molecule has 2 rings (SSSR count). The van der Waals surface area contributed by atoms with Crippen LogP contribution in [0, 0.1) is 0 Å². The van der Waals surface area contributed by atoms with Crippen molar-refractivity contribution in [3.63, 3.8) is 0 Å².